The Hall–Kier alpha value is -1.92. The summed E-state index contributed by atoms with van der Waals surface area (Å²) in [7, 11) is 3.75. The standard InChI is InChI=1S/C16H21NO5/c1-16(2,3)22-15(20)11-7-9(6-10(8-11)14(18)19)12-13(21-12)17(4)5/h6-8,12-13H,1-5H3,(H,18,19). The first-order valence-corrected chi connectivity index (χ1v) is 7.02. The van der Waals surface area contributed by atoms with Gasteiger partial charge in [0.05, 0.1) is 11.1 Å². The average molecular weight is 307 g/mol. The van der Waals surface area contributed by atoms with Gasteiger partial charge in [-0.2, -0.15) is 0 Å². The van der Waals surface area contributed by atoms with Gasteiger partial charge in [0.1, 0.15) is 17.9 Å². The number of carbonyl (C=O) groups excluding carboxylic acids is 1. The molecule has 0 saturated carbocycles. The monoisotopic (exact) mass is 307 g/mol. The van der Waals surface area contributed by atoms with Crippen LogP contribution in [0.4, 0.5) is 0 Å². The van der Waals surface area contributed by atoms with E-state index >= 15 is 0 Å². The number of carboxylic acid groups (broad SMARTS) is 1. The number of nitrogens with zero attached hydrogens (tertiary/aromatic N) is 1. The first-order valence-electron chi connectivity index (χ1n) is 7.02. The van der Waals surface area contributed by atoms with Crippen LogP contribution < -0.4 is 0 Å². The Bertz CT molecular complexity index is 603. The van der Waals surface area contributed by atoms with Crippen LogP contribution in [0.1, 0.15) is 53.2 Å². The summed E-state index contributed by atoms with van der Waals surface area (Å²) in [5.74, 6) is -1.63. The molecule has 1 aliphatic rings. The molecule has 1 aromatic carbocycles. The van der Waals surface area contributed by atoms with E-state index in [1.807, 2.05) is 19.0 Å². The molecule has 6 heteroatoms. The molecule has 0 radical (unpaired) electrons. The van der Waals surface area contributed by atoms with E-state index in [2.05, 4.69) is 0 Å². The molecule has 2 atom stereocenters. The van der Waals surface area contributed by atoms with Gasteiger partial charge in [0.2, 0.25) is 0 Å². The number of aromatic carboxylic acids is 1. The molecule has 6 nitrogen and oxygen atoms in total. The number of hydrogen-bond donors (Lipinski definition) is 1. The number of carbonyl (C=O) groups is 2. The Morgan fingerprint density at radius 2 is 1.77 bits per heavy atom. The summed E-state index contributed by atoms with van der Waals surface area (Å²) in [6.45, 7) is 5.29. The summed E-state index contributed by atoms with van der Waals surface area (Å²) in [5, 5.41) is 9.22. The Morgan fingerprint density at radius 3 is 2.23 bits per heavy atom. The molecule has 2 unspecified atom stereocenters. The summed E-state index contributed by atoms with van der Waals surface area (Å²) >= 11 is 0. The van der Waals surface area contributed by atoms with E-state index in [9.17, 15) is 14.7 Å². The lowest BCUT2D eigenvalue weighted by molar-refractivity contribution is 0.00694. The van der Waals surface area contributed by atoms with E-state index in [-0.39, 0.29) is 23.5 Å². The number of esters is 1. The van der Waals surface area contributed by atoms with Crippen molar-refractivity contribution >= 4 is 11.9 Å². The fourth-order valence-corrected chi connectivity index (χ4v) is 2.13. The third kappa shape index (κ3) is 3.84. The maximum atomic E-state index is 12.2. The third-order valence-corrected chi connectivity index (χ3v) is 3.14. The van der Waals surface area contributed by atoms with Crippen LogP contribution >= 0.6 is 0 Å². The highest BCUT2D eigenvalue weighted by atomic mass is 16.6. The van der Waals surface area contributed by atoms with Gasteiger partial charge in [0, 0.05) is 0 Å². The molecule has 1 aromatic rings. The second-order valence-electron chi connectivity index (χ2n) is 6.56. The van der Waals surface area contributed by atoms with Crippen molar-refractivity contribution < 1.29 is 24.2 Å². The van der Waals surface area contributed by atoms with E-state index < -0.39 is 17.5 Å². The van der Waals surface area contributed by atoms with Crippen molar-refractivity contribution in [2.45, 2.75) is 38.7 Å². The number of benzene rings is 1. The lowest BCUT2D eigenvalue weighted by atomic mass is 10.0. The van der Waals surface area contributed by atoms with Gasteiger partial charge < -0.3 is 14.6 Å². The van der Waals surface area contributed by atoms with E-state index in [4.69, 9.17) is 9.47 Å². The maximum Gasteiger partial charge on any atom is 0.338 e. The Labute approximate surface area is 129 Å². The van der Waals surface area contributed by atoms with Crippen LogP contribution in [-0.2, 0) is 9.47 Å². The van der Waals surface area contributed by atoms with Crippen LogP contribution in [0.5, 0.6) is 0 Å². The molecule has 1 aliphatic heterocycles. The fourth-order valence-electron chi connectivity index (χ4n) is 2.13. The molecule has 120 valence electrons. The predicted octanol–water partition coefficient (Wildman–Crippen LogP) is 2.30. The minimum absolute atomic E-state index is 0.0476. The zero-order valence-corrected chi connectivity index (χ0v) is 13.4. The maximum absolute atomic E-state index is 12.2. The summed E-state index contributed by atoms with van der Waals surface area (Å²) in [4.78, 5) is 25.3. The molecule has 0 aromatic heterocycles. The van der Waals surface area contributed by atoms with Gasteiger partial charge >= 0.3 is 11.9 Å². The highest BCUT2D eigenvalue weighted by Crippen LogP contribution is 2.40. The summed E-state index contributed by atoms with van der Waals surface area (Å²) in [6.07, 6.45) is -0.328. The van der Waals surface area contributed by atoms with Crippen LogP contribution in [0.3, 0.4) is 0 Å². The summed E-state index contributed by atoms with van der Waals surface area (Å²) in [6, 6.07) is 4.49. The van der Waals surface area contributed by atoms with Gasteiger partial charge in [-0.05, 0) is 58.6 Å². The second-order valence-corrected chi connectivity index (χ2v) is 6.56. The van der Waals surface area contributed by atoms with Crippen LogP contribution in [0.15, 0.2) is 18.2 Å². The molecule has 0 spiro atoms. The van der Waals surface area contributed by atoms with Crippen LogP contribution in [-0.4, -0.2) is 47.9 Å². The van der Waals surface area contributed by atoms with Crippen molar-refractivity contribution in [2.24, 2.45) is 0 Å². The lowest BCUT2D eigenvalue weighted by Crippen LogP contribution is -2.24. The van der Waals surface area contributed by atoms with E-state index in [1.165, 1.54) is 12.1 Å². The molecule has 1 heterocycles. The molecule has 0 amide bonds. The molecule has 0 bridgehead atoms. The lowest BCUT2D eigenvalue weighted by Gasteiger charge is -2.19. The third-order valence-electron chi connectivity index (χ3n) is 3.14. The molecule has 22 heavy (non-hydrogen) atoms. The number of likely N-dealkylation sites (N-methyl/N-ethyl adjacent to an activating group) is 1. The minimum atomic E-state index is -1.09. The zero-order chi connectivity index (χ0) is 16.7. The minimum Gasteiger partial charge on any atom is -0.478 e. The first kappa shape index (κ1) is 16.5. The predicted molar refractivity (Wildman–Crippen MR) is 79.9 cm³/mol. The highest BCUT2D eigenvalue weighted by molar-refractivity contribution is 5.95. The molecule has 0 aliphatic carbocycles. The van der Waals surface area contributed by atoms with Gasteiger partial charge in [0.25, 0.3) is 0 Å². The summed E-state index contributed by atoms with van der Waals surface area (Å²) < 4.78 is 10.8. The molecule has 1 N–H and O–H groups in total. The SMILES string of the molecule is CN(C)C1OC1c1cc(C(=O)O)cc(C(=O)OC(C)(C)C)c1. The van der Waals surface area contributed by atoms with Gasteiger partial charge in [-0.1, -0.05) is 0 Å². The fraction of sp³-hybridized carbons (Fsp3) is 0.500. The van der Waals surface area contributed by atoms with Crippen LogP contribution in [0.2, 0.25) is 0 Å². The van der Waals surface area contributed by atoms with Gasteiger partial charge in [-0.3, -0.25) is 4.90 Å². The Kier molecular flexibility index (Phi) is 4.26. The normalized spacial score (nSPS) is 20.8. The van der Waals surface area contributed by atoms with E-state index in [0.717, 1.165) is 0 Å². The van der Waals surface area contributed by atoms with Crippen molar-refractivity contribution in [1.82, 2.24) is 4.90 Å². The number of carboxylic acids is 1. The Balaban J connectivity index is 2.32. The van der Waals surface area contributed by atoms with Crippen LogP contribution in [0, 0.1) is 0 Å². The molecule has 1 fully saturated rings. The van der Waals surface area contributed by atoms with Crippen molar-refractivity contribution in [3.05, 3.63) is 34.9 Å². The molecular weight excluding hydrogens is 286 g/mol. The average Bonchev–Trinajstić information content (AvgIpc) is 3.16. The topological polar surface area (TPSA) is 79.4 Å². The quantitative estimate of drug-likeness (QED) is 0.679. The second kappa shape index (κ2) is 5.70. The number of hydrogen-bond acceptors (Lipinski definition) is 5. The van der Waals surface area contributed by atoms with Crippen LogP contribution in [0.25, 0.3) is 0 Å². The van der Waals surface area contributed by atoms with Gasteiger partial charge in [-0.25, -0.2) is 9.59 Å². The zero-order valence-electron chi connectivity index (χ0n) is 13.4. The van der Waals surface area contributed by atoms with Crippen molar-refractivity contribution in [1.29, 1.82) is 0 Å². The number of epoxide rings is 1. The van der Waals surface area contributed by atoms with Gasteiger partial charge in [-0.15, -0.1) is 0 Å². The largest absolute Gasteiger partial charge is 0.478 e. The Morgan fingerprint density at radius 1 is 1.18 bits per heavy atom. The number of ether oxygens (including phenoxy) is 2. The van der Waals surface area contributed by atoms with Crippen molar-refractivity contribution in [3.63, 3.8) is 0 Å². The molecule has 2 rings (SSSR count). The highest BCUT2D eigenvalue weighted by Gasteiger charge is 2.42. The smallest absolute Gasteiger partial charge is 0.338 e. The summed E-state index contributed by atoms with van der Waals surface area (Å²) in [5.41, 5.74) is 0.294. The van der Waals surface area contributed by atoms with Crippen molar-refractivity contribution in [3.8, 4) is 0 Å². The van der Waals surface area contributed by atoms with E-state index in [0.29, 0.717) is 5.56 Å². The molecular formula is C16H21NO5. The number of rotatable bonds is 4. The van der Waals surface area contributed by atoms with Crippen molar-refractivity contribution in [2.75, 3.05) is 14.1 Å². The van der Waals surface area contributed by atoms with Gasteiger partial charge in [0.15, 0.2) is 0 Å². The molecule has 1 saturated heterocycles. The first-order chi connectivity index (χ1) is 10.1. The van der Waals surface area contributed by atoms with E-state index in [1.54, 1.807) is 26.8 Å².